The first-order valence-corrected chi connectivity index (χ1v) is 5.35. The van der Waals surface area contributed by atoms with Gasteiger partial charge in [-0.05, 0) is 43.0 Å². The third-order valence-electron chi connectivity index (χ3n) is 3.39. The van der Waals surface area contributed by atoms with Gasteiger partial charge in [-0.1, -0.05) is 0 Å². The second-order valence-corrected chi connectivity index (χ2v) is 4.30. The molecule has 0 N–H and O–H groups in total. The fourth-order valence-electron chi connectivity index (χ4n) is 2.66. The molecule has 1 aromatic rings. The highest BCUT2D eigenvalue weighted by molar-refractivity contribution is 5.97. The van der Waals surface area contributed by atoms with E-state index in [2.05, 4.69) is 0 Å². The molecule has 1 unspecified atom stereocenters. The summed E-state index contributed by atoms with van der Waals surface area (Å²) in [7, 11) is 0. The van der Waals surface area contributed by atoms with Crippen molar-refractivity contribution in [3.8, 4) is 0 Å². The number of hydrogen-bond acceptors (Lipinski definition) is 1. The lowest BCUT2D eigenvalue weighted by Crippen LogP contribution is -2.41. The number of fused-ring (bicyclic) bond motifs is 2. The first kappa shape index (κ1) is 8.89. The molecule has 78 valence electrons. The SMILES string of the molecule is O=C1c2ccc(F)cc2CC2CCCN12. The molecule has 15 heavy (non-hydrogen) atoms. The maximum atomic E-state index is 13.0. The summed E-state index contributed by atoms with van der Waals surface area (Å²) in [5, 5.41) is 0. The van der Waals surface area contributed by atoms with Crippen molar-refractivity contribution in [1.82, 2.24) is 4.90 Å². The van der Waals surface area contributed by atoms with Crippen molar-refractivity contribution in [2.75, 3.05) is 6.54 Å². The van der Waals surface area contributed by atoms with Crippen LogP contribution in [0, 0.1) is 5.82 Å². The number of rotatable bonds is 0. The number of amides is 1. The van der Waals surface area contributed by atoms with E-state index in [-0.39, 0.29) is 11.7 Å². The highest BCUT2D eigenvalue weighted by atomic mass is 19.1. The van der Waals surface area contributed by atoms with Gasteiger partial charge < -0.3 is 4.90 Å². The minimum absolute atomic E-state index is 0.0822. The fourth-order valence-corrected chi connectivity index (χ4v) is 2.66. The van der Waals surface area contributed by atoms with Crippen LogP contribution in [0.3, 0.4) is 0 Å². The van der Waals surface area contributed by atoms with Gasteiger partial charge in [-0.15, -0.1) is 0 Å². The molecular weight excluding hydrogens is 193 g/mol. The van der Waals surface area contributed by atoms with E-state index < -0.39 is 0 Å². The molecule has 1 saturated heterocycles. The van der Waals surface area contributed by atoms with Crippen LogP contribution in [-0.4, -0.2) is 23.4 Å². The van der Waals surface area contributed by atoms with Gasteiger partial charge in [0.25, 0.3) is 5.91 Å². The predicted molar refractivity (Wildman–Crippen MR) is 54.2 cm³/mol. The van der Waals surface area contributed by atoms with Crippen LogP contribution in [0.15, 0.2) is 18.2 Å². The minimum atomic E-state index is -0.243. The van der Waals surface area contributed by atoms with Crippen LogP contribution in [-0.2, 0) is 6.42 Å². The van der Waals surface area contributed by atoms with Crippen molar-refractivity contribution >= 4 is 5.91 Å². The van der Waals surface area contributed by atoms with E-state index >= 15 is 0 Å². The number of carbonyl (C=O) groups excluding carboxylic acids is 1. The number of carbonyl (C=O) groups is 1. The molecule has 3 rings (SSSR count). The third kappa shape index (κ3) is 1.26. The van der Waals surface area contributed by atoms with E-state index in [1.54, 1.807) is 6.07 Å². The van der Waals surface area contributed by atoms with Gasteiger partial charge in [0, 0.05) is 18.2 Å². The van der Waals surface area contributed by atoms with Crippen LogP contribution < -0.4 is 0 Å². The van der Waals surface area contributed by atoms with Crippen molar-refractivity contribution in [3.63, 3.8) is 0 Å². The molecule has 0 aliphatic carbocycles. The van der Waals surface area contributed by atoms with E-state index in [9.17, 15) is 9.18 Å². The summed E-state index contributed by atoms with van der Waals surface area (Å²) < 4.78 is 13.0. The van der Waals surface area contributed by atoms with Gasteiger partial charge in [0.1, 0.15) is 5.82 Å². The molecule has 2 aliphatic heterocycles. The van der Waals surface area contributed by atoms with Gasteiger partial charge >= 0.3 is 0 Å². The molecule has 1 atom stereocenters. The largest absolute Gasteiger partial charge is 0.335 e. The topological polar surface area (TPSA) is 20.3 Å². The van der Waals surface area contributed by atoms with Crippen LogP contribution in [0.4, 0.5) is 4.39 Å². The average molecular weight is 205 g/mol. The van der Waals surface area contributed by atoms with Gasteiger partial charge in [-0.3, -0.25) is 4.79 Å². The first-order valence-electron chi connectivity index (χ1n) is 5.35. The average Bonchev–Trinajstić information content (AvgIpc) is 2.65. The summed E-state index contributed by atoms with van der Waals surface area (Å²) >= 11 is 0. The Kier molecular flexibility index (Phi) is 1.81. The van der Waals surface area contributed by atoms with Crippen molar-refractivity contribution < 1.29 is 9.18 Å². The lowest BCUT2D eigenvalue weighted by molar-refractivity contribution is 0.0714. The Morgan fingerprint density at radius 2 is 2.27 bits per heavy atom. The van der Waals surface area contributed by atoms with Crippen LogP contribution in [0.2, 0.25) is 0 Å². The Balaban J connectivity index is 2.08. The van der Waals surface area contributed by atoms with Gasteiger partial charge in [-0.2, -0.15) is 0 Å². The van der Waals surface area contributed by atoms with E-state index in [1.165, 1.54) is 12.1 Å². The molecule has 2 aliphatic rings. The molecule has 1 amide bonds. The first-order chi connectivity index (χ1) is 7.25. The quantitative estimate of drug-likeness (QED) is 0.634. The standard InChI is InChI=1S/C12H12FNO/c13-9-3-4-11-8(6-9)7-10-2-1-5-14(10)12(11)15/h3-4,6,10H,1-2,5,7H2. The monoisotopic (exact) mass is 205 g/mol. The maximum absolute atomic E-state index is 13.0. The molecule has 0 saturated carbocycles. The summed E-state index contributed by atoms with van der Waals surface area (Å²) in [6, 6.07) is 4.80. The Bertz CT molecular complexity index is 430. The summed E-state index contributed by atoms with van der Waals surface area (Å²) in [6.07, 6.45) is 2.95. The van der Waals surface area contributed by atoms with Crippen LogP contribution in [0.1, 0.15) is 28.8 Å². The Hall–Kier alpha value is -1.38. The normalized spacial score (nSPS) is 23.9. The molecule has 1 aromatic carbocycles. The van der Waals surface area contributed by atoms with Gasteiger partial charge in [0.05, 0.1) is 0 Å². The second kappa shape index (κ2) is 3.05. The third-order valence-corrected chi connectivity index (χ3v) is 3.39. The summed E-state index contributed by atoms with van der Waals surface area (Å²) in [4.78, 5) is 13.9. The molecule has 0 bridgehead atoms. The highest BCUT2D eigenvalue weighted by Gasteiger charge is 2.35. The molecule has 2 heterocycles. The second-order valence-electron chi connectivity index (χ2n) is 4.30. The highest BCUT2D eigenvalue weighted by Crippen LogP contribution is 2.30. The lowest BCUT2D eigenvalue weighted by atomic mass is 9.94. The van der Waals surface area contributed by atoms with Crippen LogP contribution in [0.5, 0.6) is 0 Å². The van der Waals surface area contributed by atoms with Crippen LogP contribution in [0.25, 0.3) is 0 Å². The summed E-state index contributed by atoms with van der Waals surface area (Å²) in [5.74, 6) is -0.160. The smallest absolute Gasteiger partial charge is 0.254 e. The van der Waals surface area contributed by atoms with Gasteiger partial charge in [0.2, 0.25) is 0 Å². The molecular formula is C12H12FNO. The predicted octanol–water partition coefficient (Wildman–Crippen LogP) is 1.99. The number of halogens is 1. The molecule has 2 nitrogen and oxygen atoms in total. The zero-order valence-corrected chi connectivity index (χ0v) is 8.37. The van der Waals surface area contributed by atoms with Crippen molar-refractivity contribution in [2.24, 2.45) is 0 Å². The zero-order chi connectivity index (χ0) is 10.4. The Morgan fingerprint density at radius 1 is 1.40 bits per heavy atom. The van der Waals surface area contributed by atoms with Gasteiger partial charge in [0.15, 0.2) is 0 Å². The van der Waals surface area contributed by atoms with E-state index in [0.29, 0.717) is 11.6 Å². The van der Waals surface area contributed by atoms with E-state index in [0.717, 1.165) is 31.4 Å². The minimum Gasteiger partial charge on any atom is -0.335 e. The van der Waals surface area contributed by atoms with Crippen molar-refractivity contribution in [2.45, 2.75) is 25.3 Å². The van der Waals surface area contributed by atoms with E-state index in [1.807, 2.05) is 4.90 Å². The van der Waals surface area contributed by atoms with Gasteiger partial charge in [-0.25, -0.2) is 4.39 Å². The number of hydrogen-bond donors (Lipinski definition) is 0. The lowest BCUT2D eigenvalue weighted by Gasteiger charge is -2.31. The number of benzene rings is 1. The molecule has 0 spiro atoms. The maximum Gasteiger partial charge on any atom is 0.254 e. The zero-order valence-electron chi connectivity index (χ0n) is 8.37. The summed E-state index contributed by atoms with van der Waals surface area (Å²) in [5.41, 5.74) is 1.57. The molecule has 0 aromatic heterocycles. The van der Waals surface area contributed by atoms with E-state index in [4.69, 9.17) is 0 Å². The number of nitrogens with zero attached hydrogens (tertiary/aromatic N) is 1. The van der Waals surface area contributed by atoms with Crippen molar-refractivity contribution in [1.29, 1.82) is 0 Å². The van der Waals surface area contributed by atoms with Crippen molar-refractivity contribution in [3.05, 3.63) is 35.1 Å². The summed E-state index contributed by atoms with van der Waals surface area (Å²) in [6.45, 7) is 0.861. The molecule has 0 radical (unpaired) electrons. The molecule has 1 fully saturated rings. The fraction of sp³-hybridized carbons (Fsp3) is 0.417. The Morgan fingerprint density at radius 3 is 3.13 bits per heavy atom. The van der Waals surface area contributed by atoms with Crippen LogP contribution >= 0.6 is 0 Å². The molecule has 3 heteroatoms. The Labute approximate surface area is 87.7 Å².